The van der Waals surface area contributed by atoms with Crippen LogP contribution in [0.15, 0.2) is 24.5 Å². The zero-order chi connectivity index (χ0) is 18.1. The summed E-state index contributed by atoms with van der Waals surface area (Å²) in [5, 5.41) is 2.84. The second kappa shape index (κ2) is 10.1. The smallest absolute Gasteiger partial charge is 0.226 e. The van der Waals surface area contributed by atoms with Gasteiger partial charge in [0.05, 0.1) is 38.4 Å². The van der Waals surface area contributed by atoms with Crippen LogP contribution in [-0.4, -0.2) is 68.3 Å². The van der Waals surface area contributed by atoms with Crippen LogP contribution in [0.5, 0.6) is 0 Å². The predicted octanol–water partition coefficient (Wildman–Crippen LogP) is -0.291. The maximum atomic E-state index is 12.5. The van der Waals surface area contributed by atoms with Crippen molar-refractivity contribution in [2.45, 2.75) is 12.5 Å². The summed E-state index contributed by atoms with van der Waals surface area (Å²) in [6.07, 6.45) is 3.57. The van der Waals surface area contributed by atoms with Crippen LogP contribution in [0.1, 0.15) is 18.0 Å². The third kappa shape index (κ3) is 5.48. The number of nitrogens with zero attached hydrogens (tertiary/aromatic N) is 2. The molecule has 0 radical (unpaired) electrons. The average molecular weight is 350 g/mol. The molecular formula is C17H26N4O4. The first kappa shape index (κ1) is 19.3. The standard InChI is InChI=1S/C17H26N4O4/c1-21-15(22)11-14(16(21)13-3-2-5-19-12-13)17(23)20-6-8-25-10-9-24-7-4-18/h2-3,5,12,14,16H,4,6-11,18H2,1H3,(H,20,23)/t14-,16+/m0/s1. The number of aromatic nitrogens is 1. The number of carbonyl (C=O) groups excluding carboxylic acids is 2. The van der Waals surface area contributed by atoms with Crippen molar-refractivity contribution in [2.75, 3.05) is 46.6 Å². The zero-order valence-electron chi connectivity index (χ0n) is 14.5. The van der Waals surface area contributed by atoms with Gasteiger partial charge in [-0.3, -0.25) is 14.6 Å². The molecule has 2 heterocycles. The minimum absolute atomic E-state index is 0.0395. The molecule has 1 aromatic rings. The van der Waals surface area contributed by atoms with Crippen LogP contribution >= 0.6 is 0 Å². The maximum absolute atomic E-state index is 12.5. The molecule has 0 aliphatic carbocycles. The van der Waals surface area contributed by atoms with Crippen LogP contribution in [-0.2, 0) is 19.1 Å². The summed E-state index contributed by atoms with van der Waals surface area (Å²) >= 11 is 0. The first-order chi connectivity index (χ1) is 12.1. The Kier molecular flexibility index (Phi) is 7.77. The largest absolute Gasteiger partial charge is 0.378 e. The molecule has 3 N–H and O–H groups in total. The van der Waals surface area contributed by atoms with Crippen molar-refractivity contribution in [3.8, 4) is 0 Å². The number of nitrogens with one attached hydrogen (secondary N) is 1. The molecule has 1 aliphatic heterocycles. The number of pyridine rings is 1. The van der Waals surface area contributed by atoms with E-state index in [0.717, 1.165) is 5.56 Å². The molecule has 1 saturated heterocycles. The Morgan fingerprint density at radius 2 is 2.12 bits per heavy atom. The van der Waals surface area contributed by atoms with E-state index in [9.17, 15) is 9.59 Å². The lowest BCUT2D eigenvalue weighted by Crippen LogP contribution is -2.36. The van der Waals surface area contributed by atoms with Gasteiger partial charge in [-0.25, -0.2) is 0 Å². The molecule has 1 aliphatic rings. The van der Waals surface area contributed by atoms with E-state index in [1.54, 1.807) is 24.3 Å². The van der Waals surface area contributed by atoms with E-state index in [-0.39, 0.29) is 24.3 Å². The SMILES string of the molecule is CN1C(=O)C[C@H](C(=O)NCCOCCOCCN)[C@H]1c1cccnc1. The van der Waals surface area contributed by atoms with Gasteiger partial charge in [0.15, 0.2) is 0 Å². The van der Waals surface area contributed by atoms with Gasteiger partial charge in [-0.2, -0.15) is 0 Å². The van der Waals surface area contributed by atoms with Crippen molar-refractivity contribution in [3.63, 3.8) is 0 Å². The third-order valence-corrected chi connectivity index (χ3v) is 4.13. The number of rotatable bonds is 10. The van der Waals surface area contributed by atoms with Gasteiger partial charge in [0.25, 0.3) is 0 Å². The quantitative estimate of drug-likeness (QED) is 0.562. The van der Waals surface area contributed by atoms with Crippen LogP contribution in [0.2, 0.25) is 0 Å². The van der Waals surface area contributed by atoms with Crippen molar-refractivity contribution < 1.29 is 19.1 Å². The molecule has 0 saturated carbocycles. The third-order valence-electron chi connectivity index (χ3n) is 4.13. The minimum atomic E-state index is -0.422. The van der Waals surface area contributed by atoms with Gasteiger partial charge < -0.3 is 25.4 Å². The van der Waals surface area contributed by atoms with Crippen molar-refractivity contribution >= 4 is 11.8 Å². The molecule has 25 heavy (non-hydrogen) atoms. The van der Waals surface area contributed by atoms with Gasteiger partial charge in [0, 0.05) is 39.0 Å². The summed E-state index contributed by atoms with van der Waals surface area (Å²) in [7, 11) is 1.72. The summed E-state index contributed by atoms with van der Waals surface area (Å²) in [5.41, 5.74) is 6.18. The molecule has 0 spiro atoms. The number of carbonyl (C=O) groups is 2. The van der Waals surface area contributed by atoms with Crippen molar-refractivity contribution in [2.24, 2.45) is 11.7 Å². The van der Waals surface area contributed by atoms with Crippen LogP contribution in [0, 0.1) is 5.92 Å². The molecule has 0 aromatic carbocycles. The molecule has 0 bridgehead atoms. The van der Waals surface area contributed by atoms with Crippen LogP contribution < -0.4 is 11.1 Å². The molecule has 8 heteroatoms. The number of nitrogens with two attached hydrogens (primary N) is 1. The number of hydrogen-bond donors (Lipinski definition) is 2. The Morgan fingerprint density at radius 1 is 1.36 bits per heavy atom. The van der Waals surface area contributed by atoms with Gasteiger partial charge in [-0.05, 0) is 11.6 Å². The van der Waals surface area contributed by atoms with Crippen molar-refractivity contribution in [3.05, 3.63) is 30.1 Å². The molecular weight excluding hydrogens is 324 g/mol. The lowest BCUT2D eigenvalue weighted by Gasteiger charge is -2.24. The van der Waals surface area contributed by atoms with Crippen molar-refractivity contribution in [1.29, 1.82) is 0 Å². The van der Waals surface area contributed by atoms with Gasteiger partial charge in [0.1, 0.15) is 0 Å². The Hall–Kier alpha value is -2.03. The molecule has 2 amide bonds. The van der Waals surface area contributed by atoms with Gasteiger partial charge in [-0.15, -0.1) is 0 Å². The molecule has 1 aromatic heterocycles. The summed E-state index contributed by atoms with van der Waals surface area (Å²) in [6, 6.07) is 3.41. The normalized spacial score (nSPS) is 20.1. The second-order valence-corrected chi connectivity index (χ2v) is 5.85. The zero-order valence-corrected chi connectivity index (χ0v) is 14.5. The van der Waals surface area contributed by atoms with Gasteiger partial charge in [0.2, 0.25) is 11.8 Å². The predicted molar refractivity (Wildman–Crippen MR) is 91.6 cm³/mol. The average Bonchev–Trinajstić information content (AvgIpc) is 2.93. The second-order valence-electron chi connectivity index (χ2n) is 5.85. The van der Waals surface area contributed by atoms with Crippen molar-refractivity contribution in [1.82, 2.24) is 15.2 Å². The molecule has 2 rings (SSSR count). The van der Waals surface area contributed by atoms with E-state index in [1.165, 1.54) is 0 Å². The van der Waals surface area contributed by atoms with E-state index < -0.39 is 5.92 Å². The van der Waals surface area contributed by atoms with E-state index in [2.05, 4.69) is 10.3 Å². The highest BCUT2D eigenvalue weighted by molar-refractivity contribution is 5.90. The van der Waals surface area contributed by atoms with Gasteiger partial charge in [-0.1, -0.05) is 6.07 Å². The fourth-order valence-corrected chi connectivity index (χ4v) is 2.89. The molecule has 0 unspecified atom stereocenters. The minimum Gasteiger partial charge on any atom is -0.378 e. The Balaban J connectivity index is 1.78. The Labute approximate surface area is 147 Å². The highest BCUT2D eigenvalue weighted by Crippen LogP contribution is 2.36. The Morgan fingerprint density at radius 3 is 2.80 bits per heavy atom. The van der Waals surface area contributed by atoms with Gasteiger partial charge >= 0.3 is 0 Å². The van der Waals surface area contributed by atoms with E-state index >= 15 is 0 Å². The lowest BCUT2D eigenvalue weighted by atomic mass is 9.94. The van der Waals surface area contributed by atoms with E-state index in [4.69, 9.17) is 15.2 Å². The first-order valence-corrected chi connectivity index (χ1v) is 8.44. The monoisotopic (exact) mass is 350 g/mol. The van der Waals surface area contributed by atoms with E-state index in [0.29, 0.717) is 39.5 Å². The first-order valence-electron chi connectivity index (χ1n) is 8.44. The number of amides is 2. The number of ether oxygens (including phenoxy) is 2. The molecule has 2 atom stereocenters. The fraction of sp³-hybridized carbons (Fsp3) is 0.588. The highest BCUT2D eigenvalue weighted by atomic mass is 16.5. The summed E-state index contributed by atoms with van der Waals surface area (Å²) in [5.74, 6) is -0.605. The fourth-order valence-electron chi connectivity index (χ4n) is 2.89. The van der Waals surface area contributed by atoms with E-state index in [1.807, 2.05) is 12.1 Å². The summed E-state index contributed by atoms with van der Waals surface area (Å²) in [4.78, 5) is 30.2. The summed E-state index contributed by atoms with van der Waals surface area (Å²) < 4.78 is 10.6. The molecule has 8 nitrogen and oxygen atoms in total. The lowest BCUT2D eigenvalue weighted by molar-refractivity contribution is -0.128. The summed E-state index contributed by atoms with van der Waals surface area (Å²) in [6.45, 7) is 2.73. The number of likely N-dealkylation sites (tertiary alicyclic amines) is 1. The van der Waals surface area contributed by atoms with Crippen LogP contribution in [0.25, 0.3) is 0 Å². The highest BCUT2D eigenvalue weighted by Gasteiger charge is 2.42. The topological polar surface area (TPSA) is 107 Å². The van der Waals surface area contributed by atoms with Crippen LogP contribution in [0.3, 0.4) is 0 Å². The molecule has 138 valence electrons. The molecule has 1 fully saturated rings. The Bertz CT molecular complexity index is 555. The maximum Gasteiger partial charge on any atom is 0.226 e. The number of hydrogen-bond acceptors (Lipinski definition) is 6. The van der Waals surface area contributed by atoms with Crippen LogP contribution in [0.4, 0.5) is 0 Å².